The summed E-state index contributed by atoms with van der Waals surface area (Å²) < 4.78 is 0. The predicted octanol–water partition coefficient (Wildman–Crippen LogP) is 2.36. The molecule has 2 aliphatic heterocycles. The molecular weight excluding hydrogens is 276 g/mol. The maximum Gasteiger partial charge on any atom is 0.227 e. The summed E-state index contributed by atoms with van der Waals surface area (Å²) in [5, 5.41) is 0. The molecule has 1 aromatic carbocycles. The van der Waals surface area contributed by atoms with Crippen LogP contribution in [0.1, 0.15) is 31.2 Å². The number of hydrogen-bond donors (Lipinski definition) is 0. The second kappa shape index (κ2) is 4.83. The zero-order valence-electron chi connectivity index (χ0n) is 13.0. The van der Waals surface area contributed by atoms with Crippen LogP contribution >= 0.6 is 0 Å². The minimum Gasteiger partial charge on any atom is -0.342 e. The van der Waals surface area contributed by atoms with E-state index in [-0.39, 0.29) is 17.2 Å². The van der Waals surface area contributed by atoms with Gasteiger partial charge in [-0.1, -0.05) is 17.7 Å². The third-order valence-electron chi connectivity index (χ3n) is 5.34. The first-order chi connectivity index (χ1) is 10.6. The Morgan fingerprint density at radius 3 is 2.59 bits per heavy atom. The summed E-state index contributed by atoms with van der Waals surface area (Å²) in [7, 11) is 0. The Labute approximate surface area is 131 Å². The van der Waals surface area contributed by atoms with Crippen molar-refractivity contribution in [1.29, 1.82) is 0 Å². The summed E-state index contributed by atoms with van der Waals surface area (Å²) in [4.78, 5) is 28.6. The van der Waals surface area contributed by atoms with E-state index in [2.05, 4.69) is 6.92 Å². The zero-order valence-corrected chi connectivity index (χ0v) is 13.0. The smallest absolute Gasteiger partial charge is 0.227 e. The van der Waals surface area contributed by atoms with Gasteiger partial charge in [-0.3, -0.25) is 9.59 Å². The maximum absolute atomic E-state index is 12.5. The van der Waals surface area contributed by atoms with E-state index in [1.54, 1.807) is 0 Å². The van der Waals surface area contributed by atoms with E-state index in [9.17, 15) is 9.59 Å². The number of amides is 2. The van der Waals surface area contributed by atoms with E-state index in [1.165, 1.54) is 5.56 Å². The Bertz CT molecular complexity index is 620. The van der Waals surface area contributed by atoms with Gasteiger partial charge in [0.1, 0.15) is 0 Å². The van der Waals surface area contributed by atoms with Gasteiger partial charge in [-0.25, -0.2) is 0 Å². The molecule has 2 saturated heterocycles. The molecule has 3 fully saturated rings. The third kappa shape index (κ3) is 2.31. The molecule has 116 valence electrons. The SMILES string of the molecule is Cc1ccc(N2C[C@]3(CCN(C(=O)C4CC4)C3)CC2=O)cc1. The quantitative estimate of drug-likeness (QED) is 0.841. The summed E-state index contributed by atoms with van der Waals surface area (Å²) in [6.45, 7) is 4.39. The fourth-order valence-corrected chi connectivity index (χ4v) is 3.84. The number of hydrogen-bond acceptors (Lipinski definition) is 2. The molecule has 0 unspecified atom stereocenters. The van der Waals surface area contributed by atoms with E-state index in [1.807, 2.05) is 34.1 Å². The fourth-order valence-electron chi connectivity index (χ4n) is 3.84. The van der Waals surface area contributed by atoms with Crippen LogP contribution in [0.4, 0.5) is 5.69 Å². The molecule has 4 heteroatoms. The highest BCUT2D eigenvalue weighted by Gasteiger charge is 2.50. The molecule has 22 heavy (non-hydrogen) atoms. The number of likely N-dealkylation sites (tertiary alicyclic amines) is 1. The average Bonchev–Trinajstić information content (AvgIpc) is 3.20. The topological polar surface area (TPSA) is 40.6 Å². The number of carbonyl (C=O) groups excluding carboxylic acids is 2. The summed E-state index contributed by atoms with van der Waals surface area (Å²) in [6.07, 6.45) is 3.64. The highest BCUT2D eigenvalue weighted by Crippen LogP contribution is 2.43. The molecule has 0 bridgehead atoms. The first kappa shape index (κ1) is 13.8. The van der Waals surface area contributed by atoms with Crippen LogP contribution in [0.5, 0.6) is 0 Å². The van der Waals surface area contributed by atoms with Crippen molar-refractivity contribution in [3.05, 3.63) is 29.8 Å². The van der Waals surface area contributed by atoms with E-state index >= 15 is 0 Å². The van der Waals surface area contributed by atoms with E-state index < -0.39 is 0 Å². The highest BCUT2D eigenvalue weighted by atomic mass is 16.2. The first-order valence-electron chi connectivity index (χ1n) is 8.22. The average molecular weight is 298 g/mol. The third-order valence-corrected chi connectivity index (χ3v) is 5.34. The van der Waals surface area contributed by atoms with Crippen LogP contribution in [-0.4, -0.2) is 36.3 Å². The summed E-state index contributed by atoms with van der Waals surface area (Å²) in [5.41, 5.74) is 2.17. The second-order valence-corrected chi connectivity index (χ2v) is 7.28. The van der Waals surface area contributed by atoms with Gasteiger partial charge in [0.25, 0.3) is 0 Å². The second-order valence-electron chi connectivity index (χ2n) is 7.28. The molecule has 1 aromatic rings. The van der Waals surface area contributed by atoms with Crippen LogP contribution in [-0.2, 0) is 9.59 Å². The Balaban J connectivity index is 1.50. The zero-order chi connectivity index (χ0) is 15.3. The molecule has 1 atom stereocenters. The minimum atomic E-state index is -0.0213. The molecular formula is C18H22N2O2. The molecule has 4 rings (SSSR count). The Morgan fingerprint density at radius 2 is 1.91 bits per heavy atom. The van der Waals surface area contributed by atoms with Crippen molar-refractivity contribution in [3.8, 4) is 0 Å². The van der Waals surface area contributed by atoms with Crippen molar-refractivity contribution >= 4 is 17.5 Å². The highest BCUT2D eigenvalue weighted by molar-refractivity contribution is 5.96. The van der Waals surface area contributed by atoms with Crippen molar-refractivity contribution < 1.29 is 9.59 Å². The van der Waals surface area contributed by atoms with Crippen LogP contribution in [0.25, 0.3) is 0 Å². The molecule has 3 aliphatic rings. The Morgan fingerprint density at radius 1 is 1.18 bits per heavy atom. The predicted molar refractivity (Wildman–Crippen MR) is 84.5 cm³/mol. The molecule has 1 spiro atoms. The summed E-state index contributed by atoms with van der Waals surface area (Å²) >= 11 is 0. The molecule has 2 heterocycles. The normalized spacial score (nSPS) is 28.0. The number of carbonyl (C=O) groups is 2. The van der Waals surface area contributed by atoms with Gasteiger partial charge >= 0.3 is 0 Å². The van der Waals surface area contributed by atoms with Crippen molar-refractivity contribution in [2.75, 3.05) is 24.5 Å². The molecule has 2 amide bonds. The van der Waals surface area contributed by atoms with Gasteiger partial charge in [-0.15, -0.1) is 0 Å². The molecule has 0 N–H and O–H groups in total. The number of nitrogens with zero attached hydrogens (tertiary/aromatic N) is 2. The fraction of sp³-hybridized carbons (Fsp3) is 0.556. The molecule has 4 nitrogen and oxygen atoms in total. The van der Waals surface area contributed by atoms with Crippen LogP contribution in [0.15, 0.2) is 24.3 Å². The summed E-state index contributed by atoms with van der Waals surface area (Å²) in [5.74, 6) is 0.795. The van der Waals surface area contributed by atoms with Crippen LogP contribution in [0, 0.1) is 18.3 Å². The van der Waals surface area contributed by atoms with Gasteiger partial charge in [0.15, 0.2) is 0 Å². The monoisotopic (exact) mass is 298 g/mol. The molecule has 1 aliphatic carbocycles. The van der Waals surface area contributed by atoms with E-state index in [0.717, 1.165) is 44.6 Å². The lowest BCUT2D eigenvalue weighted by atomic mass is 9.86. The van der Waals surface area contributed by atoms with Gasteiger partial charge in [0, 0.05) is 43.1 Å². The van der Waals surface area contributed by atoms with Crippen LogP contribution < -0.4 is 4.90 Å². The number of aryl methyl sites for hydroxylation is 1. The maximum atomic E-state index is 12.5. The largest absolute Gasteiger partial charge is 0.342 e. The van der Waals surface area contributed by atoms with E-state index in [4.69, 9.17) is 0 Å². The van der Waals surface area contributed by atoms with Crippen molar-refractivity contribution in [3.63, 3.8) is 0 Å². The van der Waals surface area contributed by atoms with Gasteiger partial charge in [0.2, 0.25) is 11.8 Å². The standard InChI is InChI=1S/C18H22N2O2/c1-13-2-6-15(7-3-13)20-12-18(10-16(20)21)8-9-19(11-18)17(22)14-4-5-14/h2-3,6-7,14H,4-5,8-12H2,1H3/t18-/m1/s1. The molecule has 0 radical (unpaired) electrons. The number of rotatable bonds is 2. The minimum absolute atomic E-state index is 0.0213. The number of benzene rings is 1. The van der Waals surface area contributed by atoms with Crippen molar-refractivity contribution in [1.82, 2.24) is 4.90 Å². The lowest BCUT2D eigenvalue weighted by molar-refractivity contribution is -0.132. The Kier molecular flexibility index (Phi) is 3.03. The van der Waals surface area contributed by atoms with Gasteiger partial charge in [-0.05, 0) is 38.3 Å². The van der Waals surface area contributed by atoms with Gasteiger partial charge in [0.05, 0.1) is 0 Å². The van der Waals surface area contributed by atoms with Gasteiger partial charge < -0.3 is 9.80 Å². The van der Waals surface area contributed by atoms with Crippen LogP contribution in [0.3, 0.4) is 0 Å². The summed E-state index contributed by atoms with van der Waals surface area (Å²) in [6, 6.07) is 8.14. The number of anilines is 1. The van der Waals surface area contributed by atoms with Crippen molar-refractivity contribution in [2.45, 2.75) is 32.6 Å². The lowest BCUT2D eigenvalue weighted by Gasteiger charge is -2.24. The molecule has 1 saturated carbocycles. The van der Waals surface area contributed by atoms with Gasteiger partial charge in [-0.2, -0.15) is 0 Å². The molecule has 0 aromatic heterocycles. The Hall–Kier alpha value is -1.84. The van der Waals surface area contributed by atoms with Crippen molar-refractivity contribution in [2.24, 2.45) is 11.3 Å². The van der Waals surface area contributed by atoms with E-state index in [0.29, 0.717) is 12.3 Å². The van der Waals surface area contributed by atoms with Crippen LogP contribution in [0.2, 0.25) is 0 Å². The lowest BCUT2D eigenvalue weighted by Crippen LogP contribution is -2.34. The first-order valence-corrected chi connectivity index (χ1v) is 8.22.